The van der Waals surface area contributed by atoms with Crippen LogP contribution in [0.15, 0.2) is 22.7 Å². The molecule has 0 unspecified atom stereocenters. The lowest BCUT2D eigenvalue weighted by atomic mass is 10.3. The lowest BCUT2D eigenvalue weighted by Gasteiger charge is -2.03. The van der Waals surface area contributed by atoms with E-state index in [-0.39, 0.29) is 0 Å². The normalized spacial score (nSPS) is 8.79. The van der Waals surface area contributed by atoms with Gasteiger partial charge in [0.15, 0.2) is 0 Å². The second-order valence-electron chi connectivity index (χ2n) is 2.30. The van der Waals surface area contributed by atoms with Crippen molar-refractivity contribution in [2.75, 3.05) is 5.32 Å². The Morgan fingerprint density at radius 2 is 2.21 bits per heavy atom. The third-order valence-corrected chi connectivity index (χ3v) is 2.23. The summed E-state index contributed by atoms with van der Waals surface area (Å²) in [6.07, 6.45) is 0. The van der Waals surface area contributed by atoms with Crippen molar-refractivity contribution >= 4 is 43.5 Å². The Bertz CT molecular complexity index is 423. The predicted molar refractivity (Wildman–Crippen MR) is 59.4 cm³/mol. The number of carbonyl (C=O) groups is 1. The van der Waals surface area contributed by atoms with Crippen molar-refractivity contribution < 1.29 is 9.18 Å². The number of amides is 1. The Balaban J connectivity index is 2.89. The van der Waals surface area contributed by atoms with E-state index in [1.165, 1.54) is 18.2 Å². The maximum absolute atomic E-state index is 12.8. The van der Waals surface area contributed by atoms with Crippen LogP contribution < -0.4 is 5.32 Å². The first-order chi connectivity index (χ1) is 6.63. The summed E-state index contributed by atoms with van der Waals surface area (Å²) < 4.78 is 13.4. The first-order valence-electron chi connectivity index (χ1n) is 3.51. The van der Waals surface area contributed by atoms with Gasteiger partial charge in [-0.2, -0.15) is 0 Å². The zero-order chi connectivity index (χ0) is 10.6. The topological polar surface area (TPSA) is 29.1 Å². The second-order valence-corrected chi connectivity index (χ2v) is 3.55. The Morgan fingerprint density at radius 1 is 1.50 bits per heavy atom. The number of hydrogen-bond acceptors (Lipinski definition) is 1. The standard InChI is InChI=1S/C9H4Br2FNO/c10-4-3-9(14)13-8-5-6(12)1-2-7(8)11/h1-2,5H,(H,13,14). The molecule has 1 rings (SSSR count). The zero-order valence-corrected chi connectivity index (χ0v) is 9.95. The van der Waals surface area contributed by atoms with Crippen LogP contribution in [0.5, 0.6) is 0 Å². The van der Waals surface area contributed by atoms with Crippen molar-refractivity contribution in [2.24, 2.45) is 0 Å². The Hall–Kier alpha value is -0.860. The Kier molecular flexibility index (Phi) is 4.11. The Labute approximate surface area is 97.1 Å². The van der Waals surface area contributed by atoms with Crippen LogP contribution in [-0.2, 0) is 4.79 Å². The van der Waals surface area contributed by atoms with Gasteiger partial charge in [0.2, 0.25) is 0 Å². The highest BCUT2D eigenvalue weighted by molar-refractivity contribution is 9.12. The van der Waals surface area contributed by atoms with Gasteiger partial charge in [-0.3, -0.25) is 4.79 Å². The summed E-state index contributed by atoms with van der Waals surface area (Å²) in [7, 11) is 0. The van der Waals surface area contributed by atoms with Gasteiger partial charge in [-0.15, -0.1) is 0 Å². The van der Waals surface area contributed by atoms with Gasteiger partial charge < -0.3 is 5.32 Å². The molecular formula is C9H4Br2FNO. The van der Waals surface area contributed by atoms with Gasteiger partial charge in [0.25, 0.3) is 0 Å². The van der Waals surface area contributed by atoms with Crippen LogP contribution >= 0.6 is 31.9 Å². The monoisotopic (exact) mass is 319 g/mol. The average Bonchev–Trinajstić information content (AvgIpc) is 2.12. The highest BCUT2D eigenvalue weighted by Gasteiger charge is 2.03. The first kappa shape index (κ1) is 11.2. The van der Waals surface area contributed by atoms with Crippen molar-refractivity contribution in [1.29, 1.82) is 0 Å². The summed E-state index contributed by atoms with van der Waals surface area (Å²) in [4.78, 5) is 13.3. The fourth-order valence-corrected chi connectivity index (χ4v) is 1.32. The van der Waals surface area contributed by atoms with E-state index in [4.69, 9.17) is 0 Å². The molecule has 5 heteroatoms. The van der Waals surface area contributed by atoms with Crippen LogP contribution in [0.3, 0.4) is 0 Å². The van der Waals surface area contributed by atoms with Crippen LogP contribution in [-0.4, -0.2) is 5.91 Å². The number of benzene rings is 1. The highest BCUT2D eigenvalue weighted by atomic mass is 79.9. The molecule has 0 saturated heterocycles. The minimum absolute atomic E-state index is 0.352. The van der Waals surface area contributed by atoms with E-state index in [2.05, 4.69) is 47.9 Å². The number of rotatable bonds is 1. The first-order valence-corrected chi connectivity index (χ1v) is 5.10. The molecule has 0 aliphatic heterocycles. The SMILES string of the molecule is O=C(C#CBr)Nc1cc(F)ccc1Br. The maximum Gasteiger partial charge on any atom is 0.301 e. The summed E-state index contributed by atoms with van der Waals surface area (Å²) in [6.45, 7) is 0. The van der Waals surface area contributed by atoms with Gasteiger partial charge in [-0.25, -0.2) is 4.39 Å². The van der Waals surface area contributed by atoms with Gasteiger partial charge in [-0.05, 0) is 39.0 Å². The van der Waals surface area contributed by atoms with E-state index < -0.39 is 11.7 Å². The second kappa shape index (κ2) is 5.13. The molecule has 1 aromatic carbocycles. The van der Waals surface area contributed by atoms with Gasteiger partial charge in [0, 0.05) is 26.3 Å². The predicted octanol–water partition coefficient (Wildman–Crippen LogP) is 2.88. The largest absolute Gasteiger partial charge is 0.314 e. The maximum atomic E-state index is 12.8. The number of carbonyl (C=O) groups excluding carboxylic acids is 1. The third kappa shape index (κ3) is 3.13. The molecule has 72 valence electrons. The fourth-order valence-electron chi connectivity index (χ4n) is 0.790. The molecule has 0 fully saturated rings. The van der Waals surface area contributed by atoms with E-state index >= 15 is 0 Å². The molecule has 2 nitrogen and oxygen atoms in total. The van der Waals surface area contributed by atoms with Crippen LogP contribution in [0.2, 0.25) is 0 Å². The van der Waals surface area contributed by atoms with Crippen LogP contribution in [0.4, 0.5) is 10.1 Å². The van der Waals surface area contributed by atoms with E-state index in [9.17, 15) is 9.18 Å². The number of halogens is 3. The highest BCUT2D eigenvalue weighted by Crippen LogP contribution is 2.22. The minimum Gasteiger partial charge on any atom is -0.314 e. The smallest absolute Gasteiger partial charge is 0.301 e. The third-order valence-electron chi connectivity index (χ3n) is 1.34. The van der Waals surface area contributed by atoms with Crippen molar-refractivity contribution in [2.45, 2.75) is 0 Å². The molecule has 0 heterocycles. The molecule has 0 bridgehead atoms. The van der Waals surface area contributed by atoms with Crippen LogP contribution in [0.25, 0.3) is 0 Å². The molecule has 1 aromatic rings. The van der Waals surface area contributed by atoms with E-state index in [1.807, 2.05) is 0 Å². The number of nitrogens with one attached hydrogen (secondary N) is 1. The number of anilines is 1. The van der Waals surface area contributed by atoms with Crippen molar-refractivity contribution in [3.05, 3.63) is 28.5 Å². The van der Waals surface area contributed by atoms with Gasteiger partial charge >= 0.3 is 5.91 Å². The van der Waals surface area contributed by atoms with Crippen LogP contribution in [0, 0.1) is 16.6 Å². The van der Waals surface area contributed by atoms with Gasteiger partial charge in [0.05, 0.1) is 5.69 Å². The average molecular weight is 321 g/mol. The zero-order valence-electron chi connectivity index (χ0n) is 6.77. The summed E-state index contributed by atoms with van der Waals surface area (Å²) in [5.41, 5.74) is 0.352. The quantitative estimate of drug-likeness (QED) is 0.792. The molecular weight excluding hydrogens is 317 g/mol. The van der Waals surface area contributed by atoms with Crippen molar-refractivity contribution in [3.8, 4) is 10.8 Å². The lowest BCUT2D eigenvalue weighted by molar-refractivity contribution is -0.111. The summed E-state index contributed by atoms with van der Waals surface area (Å²) >= 11 is 5.96. The van der Waals surface area contributed by atoms with Crippen LogP contribution in [0.1, 0.15) is 0 Å². The summed E-state index contributed by atoms with van der Waals surface area (Å²) in [6, 6.07) is 4.00. The van der Waals surface area contributed by atoms with Gasteiger partial charge in [-0.1, -0.05) is 0 Å². The molecule has 0 spiro atoms. The molecule has 1 amide bonds. The molecule has 0 aliphatic carbocycles. The van der Waals surface area contributed by atoms with E-state index in [0.717, 1.165) is 0 Å². The van der Waals surface area contributed by atoms with Gasteiger partial charge in [0.1, 0.15) is 5.82 Å². The summed E-state index contributed by atoms with van der Waals surface area (Å²) in [5.74, 6) is 1.29. The summed E-state index contributed by atoms with van der Waals surface area (Å²) in [5, 5.41) is 2.42. The molecule has 14 heavy (non-hydrogen) atoms. The van der Waals surface area contributed by atoms with Crippen molar-refractivity contribution in [1.82, 2.24) is 0 Å². The van der Waals surface area contributed by atoms with Crippen molar-refractivity contribution in [3.63, 3.8) is 0 Å². The molecule has 0 radical (unpaired) electrons. The minimum atomic E-state index is -0.506. The fraction of sp³-hybridized carbons (Fsp3) is 0. The Morgan fingerprint density at radius 3 is 2.86 bits per heavy atom. The van der Waals surface area contributed by atoms with E-state index in [0.29, 0.717) is 10.2 Å². The lowest BCUT2D eigenvalue weighted by Crippen LogP contribution is -2.08. The van der Waals surface area contributed by atoms with E-state index in [1.54, 1.807) is 0 Å². The molecule has 0 saturated carbocycles. The molecule has 1 N–H and O–H groups in total. The molecule has 0 aliphatic rings. The molecule has 0 aromatic heterocycles. The molecule has 0 atom stereocenters. The number of hydrogen-bond donors (Lipinski definition) is 1.